The number of rotatable bonds is 6. The molecule has 0 spiro atoms. The molecule has 0 atom stereocenters. The zero-order valence-electron chi connectivity index (χ0n) is 15.0. The number of fused-ring (bicyclic) bond motifs is 1. The number of nitrogens with one attached hydrogen (secondary N) is 1. The molecule has 1 aliphatic rings. The summed E-state index contributed by atoms with van der Waals surface area (Å²) in [7, 11) is 0. The van der Waals surface area contributed by atoms with Gasteiger partial charge in [0.2, 0.25) is 0 Å². The van der Waals surface area contributed by atoms with E-state index < -0.39 is 0 Å². The van der Waals surface area contributed by atoms with Gasteiger partial charge in [-0.3, -0.25) is 0 Å². The predicted molar refractivity (Wildman–Crippen MR) is 106 cm³/mol. The number of hydrogen-bond donors (Lipinski definition) is 1. The van der Waals surface area contributed by atoms with Crippen molar-refractivity contribution in [3.63, 3.8) is 0 Å². The van der Waals surface area contributed by atoms with Gasteiger partial charge >= 0.3 is 0 Å². The molecule has 25 heavy (non-hydrogen) atoms. The Bertz CT molecular complexity index is 782. The second-order valence-electron chi connectivity index (χ2n) is 7.42. The van der Waals surface area contributed by atoms with E-state index in [1.54, 1.807) is 0 Å². The summed E-state index contributed by atoms with van der Waals surface area (Å²) in [5, 5.41) is 1.41. The van der Waals surface area contributed by atoms with E-state index in [1.807, 2.05) is 0 Å². The Hall–Kier alpha value is -2.06. The summed E-state index contributed by atoms with van der Waals surface area (Å²) in [6.07, 6.45) is 8.64. The Kier molecular flexibility index (Phi) is 5.17. The monoisotopic (exact) mass is 332 g/mol. The molecule has 0 radical (unpaired) electrons. The normalized spacial score (nSPS) is 16.5. The van der Waals surface area contributed by atoms with Crippen LogP contribution in [0.15, 0.2) is 60.8 Å². The van der Waals surface area contributed by atoms with Crippen LogP contribution in [-0.2, 0) is 12.8 Å². The summed E-state index contributed by atoms with van der Waals surface area (Å²) < 4.78 is 0. The van der Waals surface area contributed by atoms with Gasteiger partial charge in [0.05, 0.1) is 0 Å². The van der Waals surface area contributed by atoms with E-state index in [-0.39, 0.29) is 0 Å². The van der Waals surface area contributed by atoms with Crippen molar-refractivity contribution in [3.8, 4) is 0 Å². The molecule has 0 aliphatic carbocycles. The molecule has 3 aromatic rings. The molecule has 2 heteroatoms. The highest BCUT2D eigenvalue weighted by molar-refractivity contribution is 5.82. The van der Waals surface area contributed by atoms with E-state index in [0.29, 0.717) is 0 Å². The second-order valence-corrected chi connectivity index (χ2v) is 7.42. The number of aromatic nitrogens is 1. The zero-order valence-corrected chi connectivity index (χ0v) is 15.0. The fraction of sp³-hybridized carbons (Fsp3) is 0.391. The lowest BCUT2D eigenvalue weighted by atomic mass is 9.90. The molecule has 130 valence electrons. The van der Waals surface area contributed by atoms with E-state index in [0.717, 1.165) is 5.92 Å². The third kappa shape index (κ3) is 4.13. The van der Waals surface area contributed by atoms with Crippen molar-refractivity contribution in [2.24, 2.45) is 5.92 Å². The van der Waals surface area contributed by atoms with Crippen molar-refractivity contribution in [2.75, 3.05) is 19.6 Å². The van der Waals surface area contributed by atoms with Gasteiger partial charge in [0.15, 0.2) is 0 Å². The summed E-state index contributed by atoms with van der Waals surface area (Å²) in [6, 6.07) is 19.5. The first-order valence-electron chi connectivity index (χ1n) is 9.70. The largest absolute Gasteiger partial charge is 0.361 e. The predicted octanol–water partition coefficient (Wildman–Crippen LogP) is 5.06. The summed E-state index contributed by atoms with van der Waals surface area (Å²) in [6.45, 7) is 3.75. The number of nitrogens with zero attached hydrogens (tertiary/aromatic N) is 1. The number of hydrogen-bond acceptors (Lipinski definition) is 1. The average molecular weight is 332 g/mol. The third-order valence-electron chi connectivity index (χ3n) is 5.76. The molecule has 2 aromatic carbocycles. The van der Waals surface area contributed by atoms with Crippen molar-refractivity contribution in [1.29, 1.82) is 0 Å². The van der Waals surface area contributed by atoms with E-state index in [9.17, 15) is 0 Å². The standard InChI is InChI=1S/C23H28N2/c1-2-6-19(7-3-1)12-15-25-16-13-20(14-17-25)10-11-21-18-24-23-9-5-4-8-22(21)23/h1-9,18,20,24H,10-17H2. The van der Waals surface area contributed by atoms with Crippen LogP contribution >= 0.6 is 0 Å². The van der Waals surface area contributed by atoms with E-state index in [2.05, 4.69) is 70.7 Å². The van der Waals surface area contributed by atoms with Crippen molar-refractivity contribution in [1.82, 2.24) is 9.88 Å². The molecule has 1 saturated heterocycles. The molecule has 1 fully saturated rings. The van der Waals surface area contributed by atoms with Crippen LogP contribution in [0.5, 0.6) is 0 Å². The van der Waals surface area contributed by atoms with E-state index in [4.69, 9.17) is 0 Å². The highest BCUT2D eigenvalue weighted by atomic mass is 15.1. The highest BCUT2D eigenvalue weighted by Gasteiger charge is 2.19. The van der Waals surface area contributed by atoms with Gasteiger partial charge in [0.25, 0.3) is 0 Å². The molecule has 1 aliphatic heterocycles. The molecular weight excluding hydrogens is 304 g/mol. The van der Waals surface area contributed by atoms with Gasteiger partial charge in [-0.25, -0.2) is 0 Å². The van der Waals surface area contributed by atoms with Crippen LogP contribution in [0.1, 0.15) is 30.4 Å². The van der Waals surface area contributed by atoms with Gasteiger partial charge in [-0.15, -0.1) is 0 Å². The molecule has 0 bridgehead atoms. The van der Waals surface area contributed by atoms with Crippen molar-refractivity contribution >= 4 is 10.9 Å². The Morgan fingerprint density at radius 3 is 2.48 bits per heavy atom. The molecule has 0 saturated carbocycles. The number of aryl methyl sites for hydroxylation is 1. The van der Waals surface area contributed by atoms with E-state index in [1.165, 1.54) is 73.8 Å². The van der Waals surface area contributed by atoms with Crippen LogP contribution in [-0.4, -0.2) is 29.5 Å². The van der Waals surface area contributed by atoms with Crippen LogP contribution in [0.4, 0.5) is 0 Å². The van der Waals surface area contributed by atoms with Crippen LogP contribution in [0.25, 0.3) is 10.9 Å². The topological polar surface area (TPSA) is 19.0 Å². The van der Waals surface area contributed by atoms with Crippen LogP contribution in [0.2, 0.25) is 0 Å². The number of aromatic amines is 1. The van der Waals surface area contributed by atoms with Gasteiger partial charge in [-0.1, -0.05) is 48.5 Å². The second kappa shape index (κ2) is 7.88. The molecule has 0 unspecified atom stereocenters. The molecule has 2 heterocycles. The maximum absolute atomic E-state index is 3.41. The quantitative estimate of drug-likeness (QED) is 0.669. The van der Waals surface area contributed by atoms with Crippen molar-refractivity contribution < 1.29 is 0 Å². The van der Waals surface area contributed by atoms with Gasteiger partial charge in [-0.05, 0) is 68.3 Å². The number of H-pyrrole nitrogens is 1. The maximum Gasteiger partial charge on any atom is 0.0456 e. The van der Waals surface area contributed by atoms with Gasteiger partial charge < -0.3 is 9.88 Å². The van der Waals surface area contributed by atoms with Crippen molar-refractivity contribution in [2.45, 2.75) is 32.1 Å². The summed E-state index contributed by atoms with van der Waals surface area (Å²) in [5.41, 5.74) is 4.22. The first-order chi connectivity index (χ1) is 12.4. The van der Waals surface area contributed by atoms with Gasteiger partial charge in [-0.2, -0.15) is 0 Å². The summed E-state index contributed by atoms with van der Waals surface area (Å²) in [4.78, 5) is 6.06. The minimum absolute atomic E-state index is 0.890. The van der Waals surface area contributed by atoms with Crippen LogP contribution in [0.3, 0.4) is 0 Å². The lowest BCUT2D eigenvalue weighted by molar-refractivity contribution is 0.181. The van der Waals surface area contributed by atoms with Gasteiger partial charge in [0, 0.05) is 23.6 Å². The fourth-order valence-corrected chi connectivity index (χ4v) is 4.13. The Balaban J connectivity index is 1.22. The molecule has 1 aromatic heterocycles. The Morgan fingerprint density at radius 2 is 1.64 bits per heavy atom. The van der Waals surface area contributed by atoms with E-state index >= 15 is 0 Å². The maximum atomic E-state index is 3.41. The minimum atomic E-state index is 0.890. The molecule has 0 amide bonds. The number of benzene rings is 2. The number of piperidine rings is 1. The lowest BCUT2D eigenvalue weighted by Gasteiger charge is -2.32. The Labute approximate surface area is 150 Å². The Morgan fingerprint density at radius 1 is 0.880 bits per heavy atom. The highest BCUT2D eigenvalue weighted by Crippen LogP contribution is 2.25. The van der Waals surface area contributed by atoms with Crippen LogP contribution < -0.4 is 0 Å². The van der Waals surface area contributed by atoms with Crippen molar-refractivity contribution in [3.05, 3.63) is 71.9 Å². The lowest BCUT2D eigenvalue weighted by Crippen LogP contribution is -2.35. The summed E-state index contributed by atoms with van der Waals surface area (Å²) in [5.74, 6) is 0.890. The molecule has 4 rings (SSSR count). The van der Waals surface area contributed by atoms with Gasteiger partial charge in [0.1, 0.15) is 0 Å². The number of likely N-dealkylation sites (tertiary alicyclic amines) is 1. The smallest absolute Gasteiger partial charge is 0.0456 e. The molecule has 2 nitrogen and oxygen atoms in total. The van der Waals surface area contributed by atoms with Crippen LogP contribution in [0, 0.1) is 5.92 Å². The third-order valence-corrected chi connectivity index (χ3v) is 5.76. The SMILES string of the molecule is c1ccc(CCN2CCC(CCc3c[nH]c4ccccc34)CC2)cc1. The zero-order chi connectivity index (χ0) is 16.9. The minimum Gasteiger partial charge on any atom is -0.361 e. The first kappa shape index (κ1) is 16.4. The number of para-hydroxylation sites is 1. The fourth-order valence-electron chi connectivity index (χ4n) is 4.13. The first-order valence-corrected chi connectivity index (χ1v) is 9.70. The molecule has 1 N–H and O–H groups in total. The molecular formula is C23H28N2. The summed E-state index contributed by atoms with van der Waals surface area (Å²) >= 11 is 0. The average Bonchev–Trinajstić information content (AvgIpc) is 3.10.